The monoisotopic (exact) mass is 267 g/mol. The van der Waals surface area contributed by atoms with Gasteiger partial charge in [0, 0.05) is 6.54 Å². The highest BCUT2D eigenvalue weighted by atomic mass is 16.5. The van der Waals surface area contributed by atoms with E-state index < -0.39 is 24.1 Å². The summed E-state index contributed by atoms with van der Waals surface area (Å²) in [4.78, 5) is 22.1. The Kier molecular flexibility index (Phi) is 5.98. The van der Waals surface area contributed by atoms with Crippen molar-refractivity contribution in [2.45, 2.75) is 18.6 Å². The summed E-state index contributed by atoms with van der Waals surface area (Å²) >= 11 is 0. The van der Waals surface area contributed by atoms with Crippen molar-refractivity contribution in [3.05, 3.63) is 35.9 Å². The van der Waals surface area contributed by atoms with Gasteiger partial charge < -0.3 is 14.9 Å². The lowest BCUT2D eigenvalue weighted by Crippen LogP contribution is -2.36. The number of carboxylic acid groups (broad SMARTS) is 1. The summed E-state index contributed by atoms with van der Waals surface area (Å²) in [7, 11) is 1.27. The number of rotatable bonds is 7. The van der Waals surface area contributed by atoms with E-state index in [1.54, 1.807) is 24.3 Å². The van der Waals surface area contributed by atoms with E-state index >= 15 is 0 Å². The second-order valence-corrected chi connectivity index (χ2v) is 4.03. The van der Waals surface area contributed by atoms with Crippen molar-refractivity contribution in [3.8, 4) is 0 Å². The zero-order valence-corrected chi connectivity index (χ0v) is 10.6. The van der Waals surface area contributed by atoms with E-state index in [0.717, 1.165) is 0 Å². The Labute approximate surface area is 111 Å². The third kappa shape index (κ3) is 5.07. The summed E-state index contributed by atoms with van der Waals surface area (Å²) in [6.45, 7) is -0.0129. The van der Waals surface area contributed by atoms with Gasteiger partial charge >= 0.3 is 11.9 Å². The van der Waals surface area contributed by atoms with Crippen LogP contribution in [0.2, 0.25) is 0 Å². The summed E-state index contributed by atoms with van der Waals surface area (Å²) in [6.07, 6.45) is -1.44. The number of carbonyl (C=O) groups is 2. The number of aliphatic hydroxyl groups excluding tert-OH is 1. The fourth-order valence-corrected chi connectivity index (χ4v) is 1.63. The topological polar surface area (TPSA) is 95.9 Å². The Morgan fingerprint density at radius 2 is 1.95 bits per heavy atom. The second-order valence-electron chi connectivity index (χ2n) is 4.03. The van der Waals surface area contributed by atoms with Crippen LogP contribution in [0.25, 0.3) is 0 Å². The minimum atomic E-state index is -1.09. The number of nitrogens with one attached hydrogen (secondary N) is 1. The first-order valence-corrected chi connectivity index (χ1v) is 5.80. The normalized spacial score (nSPS) is 13.6. The SMILES string of the molecule is COC(=O)C(NCC(O)CC(=O)O)c1ccccc1. The fraction of sp³-hybridized carbons (Fsp3) is 0.385. The third-order valence-corrected chi connectivity index (χ3v) is 2.54. The Morgan fingerprint density at radius 3 is 2.47 bits per heavy atom. The maximum atomic E-state index is 11.7. The predicted octanol–water partition coefficient (Wildman–Crippen LogP) is 0.326. The smallest absolute Gasteiger partial charge is 0.327 e. The molecule has 0 aliphatic heterocycles. The van der Waals surface area contributed by atoms with Crippen molar-refractivity contribution in [1.29, 1.82) is 0 Å². The van der Waals surface area contributed by atoms with Crippen LogP contribution in [0.4, 0.5) is 0 Å². The van der Waals surface area contributed by atoms with Crippen LogP contribution in [0.5, 0.6) is 0 Å². The highest BCUT2D eigenvalue weighted by Crippen LogP contribution is 2.14. The second kappa shape index (κ2) is 7.50. The number of aliphatic hydroxyl groups is 1. The van der Waals surface area contributed by atoms with Gasteiger partial charge in [-0.05, 0) is 5.56 Å². The van der Waals surface area contributed by atoms with Gasteiger partial charge in [0.05, 0.1) is 19.6 Å². The molecule has 2 unspecified atom stereocenters. The molecule has 0 amide bonds. The molecular weight excluding hydrogens is 250 g/mol. The molecule has 1 aromatic rings. The largest absolute Gasteiger partial charge is 0.481 e. The summed E-state index contributed by atoms with van der Waals surface area (Å²) in [5.41, 5.74) is 0.692. The maximum absolute atomic E-state index is 11.7. The average Bonchev–Trinajstić information content (AvgIpc) is 2.39. The Balaban J connectivity index is 2.66. The van der Waals surface area contributed by atoms with Gasteiger partial charge in [0.15, 0.2) is 0 Å². The van der Waals surface area contributed by atoms with Gasteiger partial charge in [0.1, 0.15) is 6.04 Å². The number of carbonyl (C=O) groups excluding carboxylic acids is 1. The number of hydrogen-bond donors (Lipinski definition) is 3. The lowest BCUT2D eigenvalue weighted by atomic mass is 10.1. The average molecular weight is 267 g/mol. The van der Waals surface area contributed by atoms with Crippen LogP contribution in [-0.4, -0.2) is 41.9 Å². The van der Waals surface area contributed by atoms with Gasteiger partial charge in [-0.3, -0.25) is 10.1 Å². The molecule has 0 saturated carbocycles. The van der Waals surface area contributed by atoms with Crippen LogP contribution in [0.3, 0.4) is 0 Å². The van der Waals surface area contributed by atoms with E-state index in [2.05, 4.69) is 10.1 Å². The van der Waals surface area contributed by atoms with Gasteiger partial charge in [-0.2, -0.15) is 0 Å². The molecular formula is C13H17NO5. The van der Waals surface area contributed by atoms with Crippen molar-refractivity contribution >= 4 is 11.9 Å². The zero-order chi connectivity index (χ0) is 14.3. The number of carboxylic acids is 1. The summed E-state index contributed by atoms with van der Waals surface area (Å²) in [6, 6.07) is 8.14. The fourth-order valence-electron chi connectivity index (χ4n) is 1.63. The number of esters is 1. The molecule has 104 valence electrons. The Morgan fingerprint density at radius 1 is 1.32 bits per heavy atom. The molecule has 0 fully saturated rings. The summed E-state index contributed by atoms with van der Waals surface area (Å²) in [5.74, 6) is -1.59. The molecule has 3 N–H and O–H groups in total. The van der Waals surface area contributed by atoms with E-state index in [4.69, 9.17) is 5.11 Å². The first-order chi connectivity index (χ1) is 9.04. The van der Waals surface area contributed by atoms with E-state index in [-0.39, 0.29) is 13.0 Å². The molecule has 0 aliphatic carbocycles. The van der Waals surface area contributed by atoms with E-state index in [9.17, 15) is 14.7 Å². The van der Waals surface area contributed by atoms with Crippen LogP contribution >= 0.6 is 0 Å². The number of benzene rings is 1. The standard InChI is InChI=1S/C13H17NO5/c1-19-13(18)12(9-5-3-2-4-6-9)14-8-10(15)7-11(16)17/h2-6,10,12,14-15H,7-8H2,1H3,(H,16,17). The van der Waals surface area contributed by atoms with Crippen molar-refractivity contribution in [2.75, 3.05) is 13.7 Å². The highest BCUT2D eigenvalue weighted by Gasteiger charge is 2.22. The van der Waals surface area contributed by atoms with Crippen LogP contribution in [0.1, 0.15) is 18.0 Å². The minimum absolute atomic E-state index is 0.0129. The molecule has 6 heteroatoms. The summed E-state index contributed by atoms with van der Waals surface area (Å²) in [5, 5.41) is 20.8. The van der Waals surface area contributed by atoms with Crippen molar-refractivity contribution < 1.29 is 24.5 Å². The molecule has 1 rings (SSSR count). The lowest BCUT2D eigenvalue weighted by Gasteiger charge is -2.18. The molecule has 0 spiro atoms. The first-order valence-electron chi connectivity index (χ1n) is 5.80. The van der Waals surface area contributed by atoms with Crippen LogP contribution in [0, 0.1) is 0 Å². The highest BCUT2D eigenvalue weighted by molar-refractivity contribution is 5.77. The van der Waals surface area contributed by atoms with Gasteiger partial charge in [-0.15, -0.1) is 0 Å². The molecule has 0 aliphatic rings. The minimum Gasteiger partial charge on any atom is -0.481 e. The molecule has 0 aromatic heterocycles. The van der Waals surface area contributed by atoms with Gasteiger partial charge in [-0.25, -0.2) is 4.79 Å². The predicted molar refractivity (Wildman–Crippen MR) is 67.5 cm³/mol. The third-order valence-electron chi connectivity index (χ3n) is 2.54. The van der Waals surface area contributed by atoms with E-state index in [0.29, 0.717) is 5.56 Å². The van der Waals surface area contributed by atoms with Gasteiger partial charge in [0.25, 0.3) is 0 Å². The van der Waals surface area contributed by atoms with E-state index in [1.165, 1.54) is 7.11 Å². The Hall–Kier alpha value is -1.92. The lowest BCUT2D eigenvalue weighted by molar-refractivity contribution is -0.143. The van der Waals surface area contributed by atoms with Crippen molar-refractivity contribution in [3.63, 3.8) is 0 Å². The van der Waals surface area contributed by atoms with Crippen molar-refractivity contribution in [2.24, 2.45) is 0 Å². The first kappa shape index (κ1) is 15.1. The molecule has 0 heterocycles. The Bertz CT molecular complexity index is 420. The molecule has 0 radical (unpaired) electrons. The molecule has 0 saturated heterocycles. The van der Waals surface area contributed by atoms with E-state index in [1.807, 2.05) is 6.07 Å². The molecule has 6 nitrogen and oxygen atoms in total. The van der Waals surface area contributed by atoms with Gasteiger partial charge in [-0.1, -0.05) is 30.3 Å². The number of hydrogen-bond acceptors (Lipinski definition) is 5. The molecule has 19 heavy (non-hydrogen) atoms. The number of aliphatic carboxylic acids is 1. The number of methoxy groups -OCH3 is 1. The maximum Gasteiger partial charge on any atom is 0.327 e. The summed E-state index contributed by atoms with van der Waals surface area (Å²) < 4.78 is 4.68. The molecule has 0 bridgehead atoms. The van der Waals surface area contributed by atoms with Crippen molar-refractivity contribution in [1.82, 2.24) is 5.32 Å². The molecule has 2 atom stereocenters. The van der Waals surface area contributed by atoms with Crippen LogP contribution < -0.4 is 5.32 Å². The van der Waals surface area contributed by atoms with Crippen LogP contribution in [-0.2, 0) is 14.3 Å². The quantitative estimate of drug-likeness (QED) is 0.616. The zero-order valence-electron chi connectivity index (χ0n) is 10.6. The number of ether oxygens (including phenoxy) is 1. The van der Waals surface area contributed by atoms with Crippen LogP contribution in [0.15, 0.2) is 30.3 Å². The van der Waals surface area contributed by atoms with Gasteiger partial charge in [0.2, 0.25) is 0 Å². The molecule has 1 aromatic carbocycles.